The lowest BCUT2D eigenvalue weighted by Crippen LogP contribution is -2.36. The third kappa shape index (κ3) is 2.18. The summed E-state index contributed by atoms with van der Waals surface area (Å²) in [5, 5.41) is 9.49. The summed E-state index contributed by atoms with van der Waals surface area (Å²) in [6, 6.07) is 6.74. The van der Waals surface area contributed by atoms with Crippen LogP contribution in [0.25, 0.3) is 16.8 Å². The summed E-state index contributed by atoms with van der Waals surface area (Å²) in [5.74, 6) is 0.169. The number of carbonyl (C=O) groups excluding carboxylic acids is 2. The van der Waals surface area contributed by atoms with Crippen molar-refractivity contribution in [2.24, 2.45) is 5.73 Å². The molecule has 0 saturated heterocycles. The summed E-state index contributed by atoms with van der Waals surface area (Å²) < 4.78 is 1.82. The molecule has 20 heavy (non-hydrogen) atoms. The molecule has 3 rings (SSSR count). The number of rotatable bonds is 3. The summed E-state index contributed by atoms with van der Waals surface area (Å²) in [6.45, 7) is 0. The van der Waals surface area contributed by atoms with E-state index in [0.29, 0.717) is 10.9 Å². The Morgan fingerprint density at radius 1 is 1.40 bits per heavy atom. The van der Waals surface area contributed by atoms with Crippen LogP contribution in [0, 0.1) is 0 Å². The number of amides is 3. The minimum absolute atomic E-state index is 0.0371. The van der Waals surface area contributed by atoms with Gasteiger partial charge in [-0.15, -0.1) is 5.10 Å². The van der Waals surface area contributed by atoms with Crippen molar-refractivity contribution in [1.82, 2.24) is 24.9 Å². The fourth-order valence-corrected chi connectivity index (χ4v) is 2.60. The number of urea groups is 1. The Kier molecular flexibility index (Phi) is 3.03. The molecule has 0 radical (unpaired) electrons. The highest BCUT2D eigenvalue weighted by atomic mass is 32.2. The number of nitrogens with zero attached hydrogens (tertiary/aromatic N) is 3. The number of primary amides is 1. The maximum atomic E-state index is 11.4. The number of hydrogen-bond acceptors (Lipinski definition) is 5. The number of aromatic amines is 1. The van der Waals surface area contributed by atoms with Crippen molar-refractivity contribution in [3.05, 3.63) is 24.3 Å². The van der Waals surface area contributed by atoms with E-state index in [9.17, 15) is 9.59 Å². The number of para-hydroxylation sites is 2. The standard InChI is InChI=1S/C11H10N6O2S/c12-9(19)14-8(18)5-20-11-16-15-10-13-6-3-1-2-4-7(6)17(10)11/h1-4H,5H2,(H,13,15)(H3,12,14,18,19). The highest BCUT2D eigenvalue weighted by Crippen LogP contribution is 2.22. The van der Waals surface area contributed by atoms with E-state index in [2.05, 4.69) is 15.2 Å². The number of hydrogen-bond donors (Lipinski definition) is 3. The van der Waals surface area contributed by atoms with Gasteiger partial charge in [0.05, 0.1) is 16.8 Å². The van der Waals surface area contributed by atoms with Crippen LogP contribution in [0.3, 0.4) is 0 Å². The van der Waals surface area contributed by atoms with Crippen molar-refractivity contribution in [2.75, 3.05) is 5.75 Å². The van der Waals surface area contributed by atoms with E-state index in [0.717, 1.165) is 11.0 Å². The fourth-order valence-electron chi connectivity index (χ4n) is 1.84. The second kappa shape index (κ2) is 4.85. The Bertz CT molecular complexity index is 808. The zero-order chi connectivity index (χ0) is 14.1. The number of imidazole rings is 1. The maximum Gasteiger partial charge on any atom is 0.318 e. The molecule has 3 aromatic rings. The Morgan fingerprint density at radius 2 is 2.20 bits per heavy atom. The molecule has 4 N–H and O–H groups in total. The van der Waals surface area contributed by atoms with Crippen LogP contribution in [0.15, 0.2) is 29.4 Å². The summed E-state index contributed by atoms with van der Waals surface area (Å²) in [7, 11) is 0. The molecule has 8 nitrogen and oxygen atoms in total. The zero-order valence-electron chi connectivity index (χ0n) is 10.2. The van der Waals surface area contributed by atoms with Gasteiger partial charge in [-0.2, -0.15) is 0 Å². The molecule has 2 heterocycles. The lowest BCUT2D eigenvalue weighted by atomic mass is 10.3. The maximum absolute atomic E-state index is 11.4. The predicted molar refractivity (Wildman–Crippen MR) is 73.3 cm³/mol. The smallest absolute Gasteiger partial charge is 0.318 e. The fraction of sp³-hybridized carbons (Fsp3) is 0.0909. The number of imide groups is 1. The van der Waals surface area contributed by atoms with Crippen molar-refractivity contribution in [3.63, 3.8) is 0 Å². The highest BCUT2D eigenvalue weighted by molar-refractivity contribution is 7.99. The monoisotopic (exact) mass is 290 g/mol. The topological polar surface area (TPSA) is 118 Å². The molecule has 0 unspecified atom stereocenters. The first-order valence-electron chi connectivity index (χ1n) is 5.69. The van der Waals surface area contributed by atoms with Gasteiger partial charge in [-0.05, 0) is 12.1 Å². The second-order valence-electron chi connectivity index (χ2n) is 3.97. The van der Waals surface area contributed by atoms with E-state index in [1.54, 1.807) is 0 Å². The summed E-state index contributed by atoms with van der Waals surface area (Å²) in [6.07, 6.45) is 0. The van der Waals surface area contributed by atoms with Gasteiger partial charge in [-0.25, -0.2) is 14.9 Å². The first-order chi connectivity index (χ1) is 9.65. The zero-order valence-corrected chi connectivity index (χ0v) is 11.0. The first-order valence-corrected chi connectivity index (χ1v) is 6.67. The number of carbonyl (C=O) groups is 2. The number of aromatic nitrogens is 4. The minimum Gasteiger partial charge on any atom is -0.351 e. The molecule has 0 spiro atoms. The van der Waals surface area contributed by atoms with Crippen LogP contribution in [0.2, 0.25) is 0 Å². The average Bonchev–Trinajstić information content (AvgIpc) is 2.94. The third-order valence-corrected chi connectivity index (χ3v) is 3.54. The molecule has 0 atom stereocenters. The van der Waals surface area contributed by atoms with Crippen LogP contribution >= 0.6 is 11.8 Å². The lowest BCUT2D eigenvalue weighted by molar-refractivity contribution is -0.117. The number of H-pyrrole nitrogens is 1. The lowest BCUT2D eigenvalue weighted by Gasteiger charge is -1.99. The normalized spacial score (nSPS) is 11.0. The summed E-state index contributed by atoms with van der Waals surface area (Å²) >= 11 is 1.19. The van der Waals surface area contributed by atoms with Gasteiger partial charge >= 0.3 is 6.03 Å². The highest BCUT2D eigenvalue weighted by Gasteiger charge is 2.13. The minimum atomic E-state index is -0.865. The summed E-state index contributed by atoms with van der Waals surface area (Å²) in [5.41, 5.74) is 6.61. The Labute approximate surface area is 116 Å². The number of nitrogens with two attached hydrogens (primary N) is 1. The number of benzene rings is 1. The number of nitrogens with one attached hydrogen (secondary N) is 2. The van der Waals surface area contributed by atoms with Crippen LogP contribution in [-0.4, -0.2) is 37.3 Å². The molecular formula is C11H10N6O2S. The molecule has 3 amide bonds. The van der Waals surface area contributed by atoms with Crippen molar-refractivity contribution < 1.29 is 9.59 Å². The van der Waals surface area contributed by atoms with Gasteiger partial charge in [-0.3, -0.25) is 14.5 Å². The second-order valence-corrected chi connectivity index (χ2v) is 4.91. The molecule has 102 valence electrons. The van der Waals surface area contributed by atoms with E-state index in [1.807, 2.05) is 34.0 Å². The molecule has 0 saturated carbocycles. The van der Waals surface area contributed by atoms with Crippen molar-refractivity contribution in [3.8, 4) is 0 Å². The number of thioether (sulfide) groups is 1. The average molecular weight is 290 g/mol. The quantitative estimate of drug-likeness (QED) is 0.607. The van der Waals surface area contributed by atoms with Crippen molar-refractivity contribution >= 4 is 40.5 Å². The van der Waals surface area contributed by atoms with Gasteiger partial charge in [0, 0.05) is 0 Å². The van der Waals surface area contributed by atoms with E-state index in [1.165, 1.54) is 11.8 Å². The molecule has 0 fully saturated rings. The van der Waals surface area contributed by atoms with Crippen LogP contribution in [0.1, 0.15) is 0 Å². The first kappa shape index (κ1) is 12.5. The molecule has 0 aliphatic rings. The Morgan fingerprint density at radius 3 is 3.00 bits per heavy atom. The van der Waals surface area contributed by atoms with Crippen LogP contribution in [-0.2, 0) is 4.79 Å². The number of fused-ring (bicyclic) bond motifs is 3. The van der Waals surface area contributed by atoms with Gasteiger partial charge in [0.1, 0.15) is 0 Å². The van der Waals surface area contributed by atoms with Gasteiger partial charge in [0.2, 0.25) is 11.7 Å². The van der Waals surface area contributed by atoms with Crippen molar-refractivity contribution in [2.45, 2.75) is 5.16 Å². The molecule has 9 heteroatoms. The van der Waals surface area contributed by atoms with E-state index in [-0.39, 0.29) is 5.75 Å². The van der Waals surface area contributed by atoms with Gasteiger partial charge in [-0.1, -0.05) is 23.9 Å². The van der Waals surface area contributed by atoms with Crippen LogP contribution in [0.5, 0.6) is 0 Å². The predicted octanol–water partition coefficient (Wildman–Crippen LogP) is 0.498. The van der Waals surface area contributed by atoms with E-state index >= 15 is 0 Å². The largest absolute Gasteiger partial charge is 0.351 e. The SMILES string of the molecule is NC(=O)NC(=O)CSc1n[nH]c2nc3ccccc3n12. The Balaban J connectivity index is 1.88. The summed E-state index contributed by atoms with van der Waals surface area (Å²) in [4.78, 5) is 26.3. The van der Waals surface area contributed by atoms with Crippen LogP contribution < -0.4 is 11.1 Å². The van der Waals surface area contributed by atoms with Gasteiger partial charge in [0.15, 0.2) is 5.16 Å². The van der Waals surface area contributed by atoms with Gasteiger partial charge < -0.3 is 5.73 Å². The molecule has 1 aromatic carbocycles. The molecule has 0 aliphatic heterocycles. The Hall–Kier alpha value is -2.55. The molecule has 2 aromatic heterocycles. The molecule has 0 aliphatic carbocycles. The van der Waals surface area contributed by atoms with Crippen LogP contribution in [0.4, 0.5) is 4.79 Å². The molecular weight excluding hydrogens is 280 g/mol. The molecule has 0 bridgehead atoms. The van der Waals surface area contributed by atoms with Gasteiger partial charge in [0.25, 0.3) is 0 Å². The third-order valence-electron chi connectivity index (χ3n) is 2.60. The van der Waals surface area contributed by atoms with Crippen molar-refractivity contribution in [1.29, 1.82) is 0 Å². The van der Waals surface area contributed by atoms with E-state index < -0.39 is 11.9 Å². The van der Waals surface area contributed by atoms with E-state index in [4.69, 9.17) is 5.73 Å².